The maximum absolute atomic E-state index is 2.49. The van der Waals surface area contributed by atoms with Gasteiger partial charge in [0.15, 0.2) is 0 Å². The number of unbranched alkanes of at least 4 members (excludes halogenated alkanes) is 32. The minimum Gasteiger partial charge on any atom is -0.141 e. The van der Waals surface area contributed by atoms with Gasteiger partial charge in [-0.15, -0.1) is 90.7 Å². The summed E-state index contributed by atoms with van der Waals surface area (Å²) in [5, 5.41) is 44.4. The molecular formula is C141H156S8. The third-order valence-electron chi connectivity index (χ3n) is 32.3. The molecule has 0 saturated heterocycles. The molecule has 0 N–H and O–H groups in total. The van der Waals surface area contributed by atoms with Crippen LogP contribution in [0.4, 0.5) is 0 Å². The van der Waals surface area contributed by atoms with Crippen LogP contribution in [-0.2, 0) is 38.5 Å². The van der Waals surface area contributed by atoms with Crippen molar-refractivity contribution in [2.24, 2.45) is 0 Å². The number of thiophene rings is 8. The normalized spacial score (nSPS) is 12.1. The minimum absolute atomic E-state index is 0. The van der Waals surface area contributed by atoms with Crippen molar-refractivity contribution in [3.63, 3.8) is 0 Å². The van der Waals surface area contributed by atoms with Crippen LogP contribution in [0.15, 0.2) is 243 Å². The lowest BCUT2D eigenvalue weighted by molar-refractivity contribution is 0.557. The third-order valence-corrected chi connectivity index (χ3v) is 41.4. The van der Waals surface area contributed by atoms with E-state index < -0.39 is 0 Å². The lowest BCUT2D eigenvalue weighted by Gasteiger charge is -2.09. The number of hydrogen-bond donors (Lipinski definition) is 0. The smallest absolute Gasteiger partial charge is 0.0424 e. The molecule has 8 heteroatoms. The molecule has 0 atom stereocenters. The summed E-state index contributed by atoms with van der Waals surface area (Å²) in [7, 11) is 0. The van der Waals surface area contributed by atoms with Crippen molar-refractivity contribution in [3.05, 3.63) is 282 Å². The molecule has 149 heavy (non-hydrogen) atoms. The first kappa shape index (κ1) is 106. The van der Waals surface area contributed by atoms with Gasteiger partial charge in [-0.25, -0.2) is 0 Å². The van der Waals surface area contributed by atoms with Gasteiger partial charge >= 0.3 is 0 Å². The second-order valence-corrected chi connectivity index (χ2v) is 53.0. The molecule has 24 rings (SSSR count). The Morgan fingerprint density at radius 1 is 0.134 bits per heavy atom. The summed E-state index contributed by atoms with van der Waals surface area (Å²) in [4.78, 5) is 12.0. The molecule has 0 aliphatic rings. The van der Waals surface area contributed by atoms with E-state index in [0.717, 1.165) is 0 Å². The van der Waals surface area contributed by atoms with Gasteiger partial charge in [-0.05, 0) is 351 Å². The van der Waals surface area contributed by atoms with Crippen molar-refractivity contribution in [2.75, 3.05) is 0 Å². The molecule has 16 aromatic carbocycles. The zero-order chi connectivity index (χ0) is 101. The van der Waals surface area contributed by atoms with E-state index in [9.17, 15) is 0 Å². The molecule has 24 aromatic rings. The van der Waals surface area contributed by atoms with E-state index in [-0.39, 0.29) is 7.43 Å². The second kappa shape index (κ2) is 50.9. The van der Waals surface area contributed by atoms with Gasteiger partial charge in [0.2, 0.25) is 0 Å². The molecule has 0 amide bonds. The Morgan fingerprint density at radius 2 is 0.336 bits per heavy atom. The number of fused-ring (bicyclic) bond motifs is 32. The van der Waals surface area contributed by atoms with Crippen molar-refractivity contribution in [3.8, 4) is 0 Å². The first-order valence-electron chi connectivity index (χ1n) is 57.8. The Bertz CT molecular complexity index is 8230. The Kier molecular flexibility index (Phi) is 36.3. The number of aryl methyl sites for hydroxylation is 8. The molecule has 0 radical (unpaired) electrons. The standard InChI is InChI=1S/2C38H44S2.C35H38S2.C29H26S2.CH4/c1-3-5-7-9-11-13-15-29-25-27-17-19-33-31-22-24-36-34(32(31)21-23-35(33)37(27)39-29)20-18-28-26-30(40-38(28)36)16-14-12-10-8-6-4-2;1-3-5-7-9-11-13-15-27-25-35-33-19-17-30-29(31(33)21-23-37(35)39-27)18-20-34-32(30)22-24-38-36(34)26-28(40-38)16-14-12-10-8-6-4-2;1-3-4-5-6-7-8-9-10-11-12-13-29-19-28-21-33-26(23-35(28)37-29)15-17-30-31(33)16-14-25-22-34-27(20-32(25)30)18-24(2)36-34;1-3-4-5-6-7-23-15-22-14-20-9-11-24-25(27(20)17-29(22)31-23)10-8-19-13-21-12-18(2)30-28(21)16-26(19)24;/h2*17-26H,3-16H2,1-2H3;14-23H,3-13H2,1-2H3;8-17H,3-7H2,1-2H3;1H4. The van der Waals surface area contributed by atoms with E-state index in [1.807, 2.05) is 90.7 Å². The molecule has 0 unspecified atom stereocenters. The van der Waals surface area contributed by atoms with Crippen LogP contribution >= 0.6 is 90.7 Å². The Hall–Kier alpha value is -9.68. The van der Waals surface area contributed by atoms with Crippen LogP contribution in [0, 0.1) is 13.8 Å². The van der Waals surface area contributed by atoms with Crippen LogP contribution in [0.25, 0.3) is 210 Å². The molecule has 0 fully saturated rings. The number of hydrogen-bond acceptors (Lipinski definition) is 8. The van der Waals surface area contributed by atoms with E-state index >= 15 is 0 Å². The summed E-state index contributed by atoms with van der Waals surface area (Å²) in [6, 6.07) is 95.3. The number of rotatable bonds is 44. The fourth-order valence-corrected chi connectivity index (χ4v) is 33.0. The summed E-state index contributed by atoms with van der Waals surface area (Å²) < 4.78 is 11.4. The van der Waals surface area contributed by atoms with Crippen LogP contribution in [0.2, 0.25) is 0 Å². The second-order valence-electron chi connectivity index (χ2n) is 43.5. The summed E-state index contributed by atoms with van der Waals surface area (Å²) in [6.07, 6.45) is 59.4. The number of benzene rings is 16. The lowest BCUT2D eigenvalue weighted by atomic mass is 9.94. The summed E-state index contributed by atoms with van der Waals surface area (Å²) in [5.41, 5.74) is 0. The highest BCUT2D eigenvalue weighted by atomic mass is 32.1. The van der Waals surface area contributed by atoms with Crippen molar-refractivity contribution < 1.29 is 0 Å². The van der Waals surface area contributed by atoms with Crippen LogP contribution in [-0.4, -0.2) is 0 Å². The highest BCUT2D eigenvalue weighted by Gasteiger charge is 2.20. The molecule has 0 aliphatic heterocycles. The predicted molar refractivity (Wildman–Crippen MR) is 687 cm³/mol. The molecule has 0 spiro atoms. The Morgan fingerprint density at radius 3 is 0.678 bits per heavy atom. The van der Waals surface area contributed by atoms with Gasteiger partial charge in [0.05, 0.1) is 0 Å². The molecule has 0 nitrogen and oxygen atoms in total. The van der Waals surface area contributed by atoms with Gasteiger partial charge in [-0.3, -0.25) is 0 Å². The van der Waals surface area contributed by atoms with Gasteiger partial charge in [-0.2, -0.15) is 0 Å². The topological polar surface area (TPSA) is 0 Å². The first-order chi connectivity index (χ1) is 72.9. The van der Waals surface area contributed by atoms with Gasteiger partial charge < -0.3 is 0 Å². The molecule has 768 valence electrons. The SMILES string of the molecule is C.CCCCCCCCCCCCc1cc2cc3c(ccc4c5cc6cc(C)sc6cc5ccc34)cc2s1.CCCCCCCCc1cc2c(ccc3c2ccc2c4ccc5sc(CCCCCCCC)cc5c4ccc32)s1.CCCCCCCCc1cc2ccc3c4ccc5c(ccc6cc(CCCCCCCC)sc65)c4ccc3c2s1.CCCCCCc1cc2cc3ccc4c5cc6sc(C)cc6cc5ccc4c3cc2s1. The van der Waals surface area contributed by atoms with Gasteiger partial charge in [0.25, 0.3) is 0 Å². The maximum atomic E-state index is 2.49. The zero-order valence-corrected chi connectivity index (χ0v) is 96.0. The predicted octanol–water partition coefficient (Wildman–Crippen LogP) is 49.8. The van der Waals surface area contributed by atoms with E-state index in [2.05, 4.69) is 298 Å². The molecule has 0 bridgehead atoms. The van der Waals surface area contributed by atoms with Crippen molar-refractivity contribution in [1.29, 1.82) is 0 Å². The largest absolute Gasteiger partial charge is 0.141 e. The molecule has 8 heterocycles. The van der Waals surface area contributed by atoms with Gasteiger partial charge in [0.1, 0.15) is 0 Å². The van der Waals surface area contributed by atoms with Gasteiger partial charge in [-0.1, -0.05) is 388 Å². The fraction of sp³-hybridized carbons (Fsp3) is 0.376. The fourth-order valence-electron chi connectivity index (χ4n) is 24.2. The van der Waals surface area contributed by atoms with Crippen molar-refractivity contribution in [2.45, 2.75) is 345 Å². The molecular weight excluding hydrogens is 1950 g/mol. The summed E-state index contributed by atoms with van der Waals surface area (Å²) in [5.74, 6) is 0. The minimum atomic E-state index is 0. The van der Waals surface area contributed by atoms with Crippen molar-refractivity contribution >= 4 is 301 Å². The monoisotopic (exact) mass is 2100 g/mol. The summed E-state index contributed by atoms with van der Waals surface area (Å²) >= 11 is 15.8. The molecule has 8 aromatic heterocycles. The van der Waals surface area contributed by atoms with Crippen molar-refractivity contribution in [1.82, 2.24) is 0 Å². The molecule has 0 saturated carbocycles. The highest BCUT2D eigenvalue weighted by Crippen LogP contribution is 2.48. The van der Waals surface area contributed by atoms with Gasteiger partial charge in [0, 0.05) is 98.2 Å². The Balaban J connectivity index is 0.000000120. The highest BCUT2D eigenvalue weighted by molar-refractivity contribution is 7.22. The van der Waals surface area contributed by atoms with Crippen LogP contribution < -0.4 is 0 Å². The van der Waals surface area contributed by atoms with Crippen LogP contribution in [0.5, 0.6) is 0 Å². The third kappa shape index (κ3) is 24.4. The van der Waals surface area contributed by atoms with Crippen LogP contribution in [0.1, 0.15) is 332 Å². The maximum Gasteiger partial charge on any atom is 0.0424 e. The van der Waals surface area contributed by atoms with E-state index in [1.165, 1.54) is 507 Å². The van der Waals surface area contributed by atoms with Crippen LogP contribution in [0.3, 0.4) is 0 Å². The Labute approximate surface area is 919 Å². The van der Waals surface area contributed by atoms with E-state index in [1.54, 1.807) is 24.4 Å². The average molecular weight is 2110 g/mol. The lowest BCUT2D eigenvalue weighted by Crippen LogP contribution is -1.84. The van der Waals surface area contributed by atoms with E-state index in [4.69, 9.17) is 0 Å². The zero-order valence-electron chi connectivity index (χ0n) is 89.5. The quantitative estimate of drug-likeness (QED) is 0.0264. The molecule has 0 aliphatic carbocycles. The average Bonchev–Trinajstić information content (AvgIpc) is 1.68. The summed E-state index contributed by atoms with van der Waals surface area (Å²) in [6.45, 7) is 18.2. The van der Waals surface area contributed by atoms with E-state index in [0.29, 0.717) is 0 Å². The first-order valence-corrected chi connectivity index (χ1v) is 64.3.